The molecule has 0 aromatic heterocycles. The van der Waals surface area contributed by atoms with Gasteiger partial charge in [-0.05, 0) is 6.42 Å². The highest BCUT2D eigenvalue weighted by molar-refractivity contribution is 5.76. The minimum atomic E-state index is -0.944. The van der Waals surface area contributed by atoms with E-state index in [1.54, 1.807) is 6.92 Å². The summed E-state index contributed by atoms with van der Waals surface area (Å²) in [6.07, 6.45) is 1.17. The van der Waals surface area contributed by atoms with Crippen LogP contribution in [0.25, 0.3) is 0 Å². The molecule has 0 amide bonds. The fraction of sp³-hybridized carbons (Fsp3) is 0.818. The first-order chi connectivity index (χ1) is 7.57. The number of hydrogen-bond donors (Lipinski definition) is 0. The van der Waals surface area contributed by atoms with Gasteiger partial charge >= 0.3 is 11.9 Å². The van der Waals surface area contributed by atoms with E-state index >= 15 is 0 Å². The third kappa shape index (κ3) is 1.42. The molecule has 4 atom stereocenters. The highest BCUT2D eigenvalue weighted by Gasteiger charge is 2.56. The molecule has 0 aromatic rings. The molecule has 16 heavy (non-hydrogen) atoms. The van der Waals surface area contributed by atoms with Gasteiger partial charge in [-0.15, -0.1) is 0 Å². The predicted octanol–water partition coefficient (Wildman–Crippen LogP) is 0.618. The topological polar surface area (TPSA) is 61.8 Å². The molecule has 88 valence electrons. The van der Waals surface area contributed by atoms with E-state index in [1.165, 1.54) is 0 Å². The summed E-state index contributed by atoms with van der Waals surface area (Å²) < 4.78 is 16.2. The second-order valence-corrected chi connectivity index (χ2v) is 4.92. The first kappa shape index (κ1) is 10.1. The molecule has 0 N–H and O–H groups in total. The van der Waals surface area contributed by atoms with Crippen LogP contribution in [-0.2, 0) is 23.8 Å². The van der Waals surface area contributed by atoms with Crippen LogP contribution < -0.4 is 0 Å². The van der Waals surface area contributed by atoms with Gasteiger partial charge in [0, 0.05) is 19.3 Å². The lowest BCUT2D eigenvalue weighted by Crippen LogP contribution is -2.59. The maximum atomic E-state index is 11.7. The minimum Gasteiger partial charge on any atom is -0.465 e. The van der Waals surface area contributed by atoms with Crippen molar-refractivity contribution in [3.05, 3.63) is 0 Å². The SMILES string of the molecule is C[C@@]12CCC(=O)OC[C@H]3C[C@@H](C(=O)O1)[C@H]3O2. The molecule has 2 bridgehead atoms. The first-order valence-electron chi connectivity index (χ1n) is 5.64. The Kier molecular flexibility index (Phi) is 2.01. The van der Waals surface area contributed by atoms with Crippen LogP contribution in [0.5, 0.6) is 0 Å². The lowest BCUT2D eigenvalue weighted by Gasteiger charge is -2.50. The number of carbonyl (C=O) groups is 2. The van der Waals surface area contributed by atoms with Gasteiger partial charge in [-0.25, -0.2) is 0 Å². The van der Waals surface area contributed by atoms with Gasteiger partial charge in [0.1, 0.15) is 0 Å². The van der Waals surface area contributed by atoms with Gasteiger partial charge in [0.15, 0.2) is 0 Å². The van der Waals surface area contributed by atoms with Crippen LogP contribution in [-0.4, -0.2) is 30.4 Å². The molecule has 3 rings (SSSR count). The normalized spacial score (nSPS) is 46.7. The van der Waals surface area contributed by atoms with E-state index in [0.29, 0.717) is 19.4 Å². The number of fused-ring (bicyclic) bond motifs is 1. The molecule has 0 unspecified atom stereocenters. The van der Waals surface area contributed by atoms with Crippen molar-refractivity contribution in [3.8, 4) is 0 Å². The smallest absolute Gasteiger partial charge is 0.314 e. The quantitative estimate of drug-likeness (QED) is 0.566. The van der Waals surface area contributed by atoms with Crippen molar-refractivity contribution in [2.24, 2.45) is 11.8 Å². The number of carbonyl (C=O) groups excluding carboxylic acids is 2. The number of esters is 2. The average molecular weight is 226 g/mol. The molecule has 0 aromatic carbocycles. The summed E-state index contributed by atoms with van der Waals surface area (Å²) in [4.78, 5) is 23.0. The molecule has 1 aliphatic carbocycles. The van der Waals surface area contributed by atoms with Crippen molar-refractivity contribution in [1.29, 1.82) is 0 Å². The van der Waals surface area contributed by atoms with Crippen LogP contribution in [0.4, 0.5) is 0 Å². The molecule has 1 saturated carbocycles. The van der Waals surface area contributed by atoms with Gasteiger partial charge < -0.3 is 14.2 Å². The number of cyclic esters (lactones) is 1. The van der Waals surface area contributed by atoms with Gasteiger partial charge in [0.05, 0.1) is 25.0 Å². The Morgan fingerprint density at radius 1 is 1.38 bits per heavy atom. The van der Waals surface area contributed by atoms with Crippen LogP contribution in [0.15, 0.2) is 0 Å². The van der Waals surface area contributed by atoms with Crippen molar-refractivity contribution >= 4 is 11.9 Å². The molecule has 0 radical (unpaired) electrons. The van der Waals surface area contributed by atoms with Crippen LogP contribution >= 0.6 is 0 Å². The Morgan fingerprint density at radius 2 is 2.19 bits per heavy atom. The van der Waals surface area contributed by atoms with Gasteiger partial charge in [0.25, 0.3) is 0 Å². The largest absolute Gasteiger partial charge is 0.465 e. The molecular formula is C11H14O5. The zero-order valence-corrected chi connectivity index (χ0v) is 9.10. The average Bonchev–Trinajstić information content (AvgIpc) is 2.22. The van der Waals surface area contributed by atoms with Crippen LogP contribution in [0.2, 0.25) is 0 Å². The molecule has 3 aliphatic rings. The summed E-state index contributed by atoms with van der Waals surface area (Å²) in [6, 6.07) is 0. The van der Waals surface area contributed by atoms with E-state index < -0.39 is 5.79 Å². The van der Waals surface area contributed by atoms with E-state index in [0.717, 1.165) is 0 Å². The summed E-state index contributed by atoms with van der Waals surface area (Å²) in [5.41, 5.74) is 0. The predicted molar refractivity (Wildman–Crippen MR) is 51.2 cm³/mol. The standard InChI is InChI=1S/C11H14O5/c1-11-3-2-8(12)14-5-6-4-7(9(6)15-11)10(13)16-11/h6-7,9H,2-5H2,1H3/t6-,7-,9+,11+/m1/s1. The van der Waals surface area contributed by atoms with E-state index in [4.69, 9.17) is 14.2 Å². The van der Waals surface area contributed by atoms with Gasteiger partial charge in [0.2, 0.25) is 5.79 Å². The zero-order valence-electron chi connectivity index (χ0n) is 9.10. The monoisotopic (exact) mass is 226 g/mol. The van der Waals surface area contributed by atoms with E-state index in [-0.39, 0.29) is 36.3 Å². The summed E-state index contributed by atoms with van der Waals surface area (Å²) in [6.45, 7) is 2.08. The van der Waals surface area contributed by atoms with Crippen molar-refractivity contribution in [2.45, 2.75) is 38.1 Å². The highest BCUT2D eigenvalue weighted by atomic mass is 16.7. The molecule has 2 aliphatic heterocycles. The minimum absolute atomic E-state index is 0.128. The third-order valence-electron chi connectivity index (χ3n) is 3.66. The summed E-state index contributed by atoms with van der Waals surface area (Å²) >= 11 is 0. The number of rotatable bonds is 0. The zero-order chi connectivity index (χ0) is 11.3. The fourth-order valence-electron chi connectivity index (χ4n) is 2.61. The van der Waals surface area contributed by atoms with Crippen molar-refractivity contribution in [3.63, 3.8) is 0 Å². The summed E-state index contributed by atoms with van der Waals surface area (Å²) in [5, 5.41) is 0. The van der Waals surface area contributed by atoms with Crippen molar-refractivity contribution in [2.75, 3.05) is 6.61 Å². The molecular weight excluding hydrogens is 212 g/mol. The lowest BCUT2D eigenvalue weighted by molar-refractivity contribution is -0.311. The molecule has 2 saturated heterocycles. The van der Waals surface area contributed by atoms with Crippen LogP contribution in [0.1, 0.15) is 26.2 Å². The summed E-state index contributed by atoms with van der Waals surface area (Å²) in [5.74, 6) is -1.38. The van der Waals surface area contributed by atoms with E-state index in [2.05, 4.69) is 0 Å². The Hall–Kier alpha value is -1.10. The first-order valence-corrected chi connectivity index (χ1v) is 5.64. The van der Waals surface area contributed by atoms with Crippen molar-refractivity contribution in [1.82, 2.24) is 0 Å². The molecule has 5 heteroatoms. The van der Waals surface area contributed by atoms with Gasteiger partial charge in [-0.2, -0.15) is 0 Å². The Morgan fingerprint density at radius 3 is 3.00 bits per heavy atom. The fourth-order valence-corrected chi connectivity index (χ4v) is 2.61. The third-order valence-corrected chi connectivity index (χ3v) is 3.66. The van der Waals surface area contributed by atoms with E-state index in [9.17, 15) is 9.59 Å². The molecule has 2 heterocycles. The van der Waals surface area contributed by atoms with Crippen LogP contribution in [0.3, 0.4) is 0 Å². The van der Waals surface area contributed by atoms with Crippen LogP contribution in [0, 0.1) is 11.8 Å². The Balaban J connectivity index is 1.87. The molecule has 5 nitrogen and oxygen atoms in total. The maximum absolute atomic E-state index is 11.7. The summed E-state index contributed by atoms with van der Waals surface area (Å²) in [7, 11) is 0. The van der Waals surface area contributed by atoms with Gasteiger partial charge in [-0.1, -0.05) is 0 Å². The molecule has 0 spiro atoms. The second kappa shape index (κ2) is 3.20. The Bertz CT molecular complexity index is 352. The maximum Gasteiger partial charge on any atom is 0.314 e. The van der Waals surface area contributed by atoms with Crippen molar-refractivity contribution < 1.29 is 23.8 Å². The Labute approximate surface area is 93.0 Å². The second-order valence-electron chi connectivity index (χ2n) is 4.92. The van der Waals surface area contributed by atoms with E-state index in [1.807, 2.05) is 0 Å². The van der Waals surface area contributed by atoms with Gasteiger partial charge in [-0.3, -0.25) is 9.59 Å². The molecule has 3 fully saturated rings. The number of ether oxygens (including phenoxy) is 3. The number of hydrogen-bond acceptors (Lipinski definition) is 5. The highest BCUT2D eigenvalue weighted by Crippen LogP contribution is 2.46. The lowest BCUT2D eigenvalue weighted by atomic mass is 9.71.